The molecule has 0 radical (unpaired) electrons. The highest BCUT2D eigenvalue weighted by Gasteiger charge is 2.16. The minimum absolute atomic E-state index is 0.0881. The number of nitrogens with zero attached hydrogens (tertiary/aromatic N) is 3. The van der Waals surface area contributed by atoms with Crippen LogP contribution in [-0.4, -0.2) is 37.3 Å². The van der Waals surface area contributed by atoms with Crippen molar-refractivity contribution < 1.29 is 17.7 Å². The van der Waals surface area contributed by atoms with E-state index in [1.165, 1.54) is 4.31 Å². The molecule has 8 nitrogen and oxygen atoms in total. The number of hydrogen-bond acceptors (Lipinski definition) is 6. The Morgan fingerprint density at radius 2 is 1.79 bits per heavy atom. The zero-order chi connectivity index (χ0) is 20.1. The average Bonchev–Trinajstić information content (AvgIpc) is 3.16. The maximum atomic E-state index is 12.3. The van der Waals surface area contributed by atoms with E-state index in [9.17, 15) is 13.2 Å². The standard InChI is InChI=1S/C19H20N4O4S/c1-3-23(28(2,25)26)16-11-9-15(10-12-16)19(24)20-13-17-21-18(22-27-17)14-7-5-4-6-8-14/h4-12H,3,13H2,1-2H3,(H,20,24). The Morgan fingerprint density at radius 3 is 2.39 bits per heavy atom. The summed E-state index contributed by atoms with van der Waals surface area (Å²) in [5.41, 5.74) is 1.73. The van der Waals surface area contributed by atoms with Crippen LogP contribution in [0.5, 0.6) is 0 Å². The summed E-state index contributed by atoms with van der Waals surface area (Å²) in [6.07, 6.45) is 1.14. The van der Waals surface area contributed by atoms with Gasteiger partial charge in [0, 0.05) is 17.7 Å². The molecule has 0 unspecified atom stereocenters. The highest BCUT2D eigenvalue weighted by atomic mass is 32.2. The van der Waals surface area contributed by atoms with Gasteiger partial charge in [0.05, 0.1) is 18.5 Å². The third kappa shape index (κ3) is 4.55. The van der Waals surface area contributed by atoms with Crippen LogP contribution in [0.15, 0.2) is 59.1 Å². The van der Waals surface area contributed by atoms with Crippen LogP contribution < -0.4 is 9.62 Å². The van der Waals surface area contributed by atoms with E-state index in [1.807, 2.05) is 30.3 Å². The van der Waals surface area contributed by atoms with Gasteiger partial charge in [-0.2, -0.15) is 4.98 Å². The minimum Gasteiger partial charge on any atom is -0.343 e. The molecule has 28 heavy (non-hydrogen) atoms. The van der Waals surface area contributed by atoms with Crippen molar-refractivity contribution in [3.63, 3.8) is 0 Å². The van der Waals surface area contributed by atoms with Gasteiger partial charge in [0.1, 0.15) is 0 Å². The quantitative estimate of drug-likeness (QED) is 0.653. The second kappa shape index (κ2) is 8.22. The van der Waals surface area contributed by atoms with Crippen LogP contribution in [0.3, 0.4) is 0 Å². The highest BCUT2D eigenvalue weighted by Crippen LogP contribution is 2.18. The maximum absolute atomic E-state index is 12.3. The average molecular weight is 400 g/mol. The number of nitrogens with one attached hydrogen (secondary N) is 1. The molecule has 0 spiro atoms. The first kappa shape index (κ1) is 19.6. The summed E-state index contributed by atoms with van der Waals surface area (Å²) in [5, 5.41) is 6.61. The van der Waals surface area contributed by atoms with E-state index in [-0.39, 0.29) is 18.3 Å². The Morgan fingerprint density at radius 1 is 1.11 bits per heavy atom. The molecule has 0 atom stereocenters. The van der Waals surface area contributed by atoms with Gasteiger partial charge in [-0.25, -0.2) is 8.42 Å². The van der Waals surface area contributed by atoms with Crippen LogP contribution in [0.1, 0.15) is 23.2 Å². The van der Waals surface area contributed by atoms with Gasteiger partial charge in [0.2, 0.25) is 21.7 Å². The fraction of sp³-hybridized carbons (Fsp3) is 0.211. The third-order valence-corrected chi connectivity index (χ3v) is 5.27. The van der Waals surface area contributed by atoms with E-state index in [2.05, 4.69) is 15.5 Å². The molecule has 1 aromatic heterocycles. The Bertz CT molecular complexity index is 1050. The van der Waals surface area contributed by atoms with E-state index in [0.29, 0.717) is 23.6 Å². The number of carbonyl (C=O) groups excluding carboxylic acids is 1. The minimum atomic E-state index is -3.36. The van der Waals surface area contributed by atoms with E-state index in [4.69, 9.17) is 4.52 Å². The lowest BCUT2D eigenvalue weighted by molar-refractivity contribution is 0.0946. The van der Waals surface area contributed by atoms with Crippen LogP contribution in [0.2, 0.25) is 0 Å². The Kier molecular flexibility index (Phi) is 5.74. The lowest BCUT2D eigenvalue weighted by Crippen LogP contribution is -2.29. The molecule has 3 aromatic rings. The topological polar surface area (TPSA) is 105 Å². The van der Waals surface area contributed by atoms with Crippen LogP contribution in [0.25, 0.3) is 11.4 Å². The van der Waals surface area contributed by atoms with Gasteiger partial charge in [0.15, 0.2) is 0 Å². The zero-order valence-electron chi connectivity index (χ0n) is 15.5. The zero-order valence-corrected chi connectivity index (χ0v) is 16.3. The van der Waals surface area contributed by atoms with E-state index in [0.717, 1.165) is 11.8 Å². The van der Waals surface area contributed by atoms with E-state index in [1.54, 1.807) is 31.2 Å². The monoisotopic (exact) mass is 400 g/mol. The van der Waals surface area contributed by atoms with Gasteiger partial charge >= 0.3 is 0 Å². The third-order valence-electron chi connectivity index (χ3n) is 4.01. The molecule has 0 bridgehead atoms. The molecule has 0 saturated carbocycles. The van der Waals surface area contributed by atoms with Gasteiger partial charge in [-0.1, -0.05) is 35.5 Å². The molecular weight excluding hydrogens is 380 g/mol. The molecule has 1 heterocycles. The SMILES string of the molecule is CCN(c1ccc(C(=O)NCc2nc(-c3ccccc3)no2)cc1)S(C)(=O)=O. The molecule has 2 aromatic carbocycles. The molecule has 3 rings (SSSR count). The van der Waals surface area contributed by atoms with Crippen molar-refractivity contribution in [1.82, 2.24) is 15.5 Å². The summed E-state index contributed by atoms with van der Waals surface area (Å²) in [7, 11) is -3.36. The summed E-state index contributed by atoms with van der Waals surface area (Å²) in [5.74, 6) is 0.418. The van der Waals surface area contributed by atoms with Crippen molar-refractivity contribution in [2.75, 3.05) is 17.1 Å². The normalized spacial score (nSPS) is 11.2. The Hall–Kier alpha value is -3.20. The van der Waals surface area contributed by atoms with Crippen molar-refractivity contribution in [2.24, 2.45) is 0 Å². The number of sulfonamides is 1. The van der Waals surface area contributed by atoms with Crippen molar-refractivity contribution in [2.45, 2.75) is 13.5 Å². The first-order valence-electron chi connectivity index (χ1n) is 8.62. The second-order valence-electron chi connectivity index (χ2n) is 6.04. The predicted molar refractivity (Wildman–Crippen MR) is 105 cm³/mol. The molecule has 0 saturated heterocycles. The smallest absolute Gasteiger partial charge is 0.251 e. The first-order chi connectivity index (χ1) is 13.4. The van der Waals surface area contributed by atoms with Gasteiger partial charge in [-0.15, -0.1) is 0 Å². The lowest BCUT2D eigenvalue weighted by atomic mass is 10.2. The van der Waals surface area contributed by atoms with Crippen LogP contribution in [0.4, 0.5) is 5.69 Å². The fourth-order valence-corrected chi connectivity index (χ4v) is 3.65. The van der Waals surface area contributed by atoms with Gasteiger partial charge in [-0.3, -0.25) is 9.10 Å². The molecule has 0 aliphatic carbocycles. The summed E-state index contributed by atoms with van der Waals surface area (Å²) >= 11 is 0. The molecular formula is C19H20N4O4S. The Labute approximate surface area is 163 Å². The van der Waals surface area contributed by atoms with Gasteiger partial charge in [0.25, 0.3) is 5.91 Å². The molecule has 1 N–H and O–H groups in total. The molecule has 0 aliphatic rings. The largest absolute Gasteiger partial charge is 0.343 e. The predicted octanol–water partition coefficient (Wildman–Crippen LogP) is 2.45. The van der Waals surface area contributed by atoms with Crippen molar-refractivity contribution >= 4 is 21.6 Å². The second-order valence-corrected chi connectivity index (χ2v) is 7.94. The first-order valence-corrected chi connectivity index (χ1v) is 10.5. The van der Waals surface area contributed by atoms with E-state index >= 15 is 0 Å². The lowest BCUT2D eigenvalue weighted by Gasteiger charge is -2.20. The maximum Gasteiger partial charge on any atom is 0.251 e. The van der Waals surface area contributed by atoms with Crippen LogP contribution in [0, 0.1) is 0 Å². The molecule has 9 heteroatoms. The molecule has 146 valence electrons. The van der Waals surface area contributed by atoms with Crippen LogP contribution >= 0.6 is 0 Å². The van der Waals surface area contributed by atoms with Gasteiger partial charge in [-0.05, 0) is 31.2 Å². The van der Waals surface area contributed by atoms with Crippen molar-refractivity contribution in [1.29, 1.82) is 0 Å². The number of aromatic nitrogens is 2. The van der Waals surface area contributed by atoms with Crippen molar-refractivity contribution in [3.8, 4) is 11.4 Å². The Balaban J connectivity index is 1.63. The van der Waals surface area contributed by atoms with Gasteiger partial charge < -0.3 is 9.84 Å². The number of anilines is 1. The number of benzene rings is 2. The number of amides is 1. The number of rotatable bonds is 7. The summed E-state index contributed by atoms with van der Waals surface area (Å²) in [4.78, 5) is 16.6. The summed E-state index contributed by atoms with van der Waals surface area (Å²) in [6.45, 7) is 2.14. The molecule has 0 fully saturated rings. The molecule has 1 amide bonds. The van der Waals surface area contributed by atoms with E-state index < -0.39 is 10.0 Å². The molecule has 0 aliphatic heterocycles. The fourth-order valence-electron chi connectivity index (χ4n) is 2.68. The summed E-state index contributed by atoms with van der Waals surface area (Å²) < 4.78 is 30.0. The number of hydrogen-bond donors (Lipinski definition) is 1. The van der Waals surface area contributed by atoms with Crippen molar-refractivity contribution in [3.05, 3.63) is 66.1 Å². The van der Waals surface area contributed by atoms with Crippen LogP contribution in [-0.2, 0) is 16.6 Å². The summed E-state index contributed by atoms with van der Waals surface area (Å²) in [6, 6.07) is 15.7. The number of carbonyl (C=O) groups is 1. The highest BCUT2D eigenvalue weighted by molar-refractivity contribution is 7.92.